The molecule has 2 fully saturated rings. The van der Waals surface area contributed by atoms with Crippen LogP contribution in [0.25, 0.3) is 0 Å². The summed E-state index contributed by atoms with van der Waals surface area (Å²) in [5.41, 5.74) is 6.59. The Bertz CT molecular complexity index is 235. The Hall–Kier alpha value is -0.0800. The summed E-state index contributed by atoms with van der Waals surface area (Å²) >= 11 is 0. The highest BCUT2D eigenvalue weighted by atomic mass is 15.2. The molecular formula is C16H32N2. The molecule has 1 heterocycles. The third kappa shape index (κ3) is 3.27. The van der Waals surface area contributed by atoms with Crippen LogP contribution in [0.2, 0.25) is 0 Å². The lowest BCUT2D eigenvalue weighted by Crippen LogP contribution is -2.46. The van der Waals surface area contributed by atoms with Gasteiger partial charge in [-0.3, -0.25) is 4.90 Å². The van der Waals surface area contributed by atoms with E-state index in [9.17, 15) is 0 Å². The summed E-state index contributed by atoms with van der Waals surface area (Å²) < 4.78 is 0. The third-order valence-corrected chi connectivity index (χ3v) is 5.62. The van der Waals surface area contributed by atoms with Gasteiger partial charge in [0, 0.05) is 12.1 Å². The van der Waals surface area contributed by atoms with Crippen LogP contribution in [0.1, 0.15) is 71.6 Å². The molecule has 18 heavy (non-hydrogen) atoms. The summed E-state index contributed by atoms with van der Waals surface area (Å²) in [6.45, 7) is 7.00. The summed E-state index contributed by atoms with van der Waals surface area (Å²) in [6, 6.07) is 1.57. The lowest BCUT2D eigenvalue weighted by Gasteiger charge is -2.43. The van der Waals surface area contributed by atoms with Crippen molar-refractivity contribution in [2.24, 2.45) is 11.1 Å². The topological polar surface area (TPSA) is 29.3 Å². The first kappa shape index (κ1) is 14.3. The van der Waals surface area contributed by atoms with E-state index in [4.69, 9.17) is 5.73 Å². The number of hydrogen-bond acceptors (Lipinski definition) is 2. The molecule has 2 nitrogen and oxygen atoms in total. The van der Waals surface area contributed by atoms with Crippen LogP contribution in [-0.2, 0) is 0 Å². The minimum Gasteiger partial charge on any atom is -0.330 e. The van der Waals surface area contributed by atoms with E-state index in [1.807, 2.05) is 0 Å². The Balaban J connectivity index is 1.88. The molecule has 2 N–H and O–H groups in total. The molecule has 106 valence electrons. The smallest absolute Gasteiger partial charge is 0.00697 e. The molecule has 2 atom stereocenters. The first-order chi connectivity index (χ1) is 8.67. The predicted octanol–water partition coefficient (Wildman–Crippen LogP) is 3.55. The minimum atomic E-state index is 0.481. The number of hydrogen-bond donors (Lipinski definition) is 1. The summed E-state index contributed by atoms with van der Waals surface area (Å²) in [7, 11) is 0. The molecule has 0 aromatic rings. The molecule has 2 aliphatic rings. The summed E-state index contributed by atoms with van der Waals surface area (Å²) in [4.78, 5) is 2.75. The van der Waals surface area contributed by atoms with Gasteiger partial charge in [0.2, 0.25) is 0 Å². The Morgan fingerprint density at radius 3 is 2.17 bits per heavy atom. The van der Waals surface area contributed by atoms with Crippen molar-refractivity contribution in [1.82, 2.24) is 4.90 Å². The Labute approximate surface area is 113 Å². The SMILES string of the molecule is CC1CCCC(C)N1CCC1(CN)CCCCC1. The number of likely N-dealkylation sites (tertiary alicyclic amines) is 1. The lowest BCUT2D eigenvalue weighted by molar-refractivity contribution is 0.0716. The maximum atomic E-state index is 6.10. The van der Waals surface area contributed by atoms with E-state index < -0.39 is 0 Å². The van der Waals surface area contributed by atoms with Crippen molar-refractivity contribution in [3.05, 3.63) is 0 Å². The lowest BCUT2D eigenvalue weighted by atomic mass is 9.71. The standard InChI is InChI=1S/C16H32N2/c1-14-7-6-8-15(2)18(14)12-11-16(13-17)9-4-3-5-10-16/h14-15H,3-13,17H2,1-2H3. The fourth-order valence-corrected chi connectivity index (χ4v) is 4.14. The van der Waals surface area contributed by atoms with E-state index in [-0.39, 0.29) is 0 Å². The van der Waals surface area contributed by atoms with Gasteiger partial charge in [-0.15, -0.1) is 0 Å². The van der Waals surface area contributed by atoms with Crippen molar-refractivity contribution in [3.63, 3.8) is 0 Å². The van der Waals surface area contributed by atoms with E-state index in [1.54, 1.807) is 0 Å². The molecule has 0 aromatic carbocycles. The average Bonchev–Trinajstić information content (AvgIpc) is 2.39. The molecule has 2 rings (SSSR count). The molecule has 0 radical (unpaired) electrons. The quantitative estimate of drug-likeness (QED) is 0.829. The second kappa shape index (κ2) is 6.38. The number of nitrogens with two attached hydrogens (primary N) is 1. The van der Waals surface area contributed by atoms with Crippen LogP contribution in [0.15, 0.2) is 0 Å². The minimum absolute atomic E-state index is 0.481. The van der Waals surface area contributed by atoms with Crippen molar-refractivity contribution in [1.29, 1.82) is 0 Å². The fraction of sp³-hybridized carbons (Fsp3) is 1.00. The molecule has 1 saturated carbocycles. The van der Waals surface area contributed by atoms with Crippen LogP contribution >= 0.6 is 0 Å². The number of nitrogens with zero attached hydrogens (tertiary/aromatic N) is 1. The van der Waals surface area contributed by atoms with Crippen LogP contribution in [0, 0.1) is 5.41 Å². The van der Waals surface area contributed by atoms with Gasteiger partial charge in [-0.05, 0) is 64.5 Å². The van der Waals surface area contributed by atoms with E-state index in [1.165, 1.54) is 64.3 Å². The fourth-order valence-electron chi connectivity index (χ4n) is 4.14. The van der Waals surface area contributed by atoms with Gasteiger partial charge < -0.3 is 5.73 Å². The van der Waals surface area contributed by atoms with E-state index in [0.717, 1.165) is 18.6 Å². The van der Waals surface area contributed by atoms with Gasteiger partial charge in [-0.2, -0.15) is 0 Å². The highest BCUT2D eigenvalue weighted by Gasteiger charge is 2.32. The molecule has 1 aliphatic carbocycles. The van der Waals surface area contributed by atoms with Gasteiger partial charge in [0.1, 0.15) is 0 Å². The normalized spacial score (nSPS) is 33.5. The molecular weight excluding hydrogens is 220 g/mol. The zero-order chi connectivity index (χ0) is 13.0. The molecule has 2 unspecified atom stereocenters. The van der Waals surface area contributed by atoms with Gasteiger partial charge in [0.15, 0.2) is 0 Å². The van der Waals surface area contributed by atoms with Gasteiger partial charge in [0.25, 0.3) is 0 Å². The van der Waals surface area contributed by atoms with Crippen molar-refractivity contribution in [3.8, 4) is 0 Å². The van der Waals surface area contributed by atoms with Crippen molar-refractivity contribution in [2.45, 2.75) is 83.7 Å². The molecule has 0 bridgehead atoms. The first-order valence-corrected chi connectivity index (χ1v) is 8.13. The maximum absolute atomic E-state index is 6.10. The van der Waals surface area contributed by atoms with Crippen LogP contribution < -0.4 is 5.73 Å². The molecule has 0 spiro atoms. The zero-order valence-electron chi connectivity index (χ0n) is 12.5. The predicted molar refractivity (Wildman–Crippen MR) is 78.7 cm³/mol. The molecule has 0 aromatic heterocycles. The largest absolute Gasteiger partial charge is 0.330 e. The summed E-state index contributed by atoms with van der Waals surface area (Å²) in [5.74, 6) is 0. The maximum Gasteiger partial charge on any atom is 0.00697 e. The van der Waals surface area contributed by atoms with Gasteiger partial charge in [-0.25, -0.2) is 0 Å². The average molecular weight is 252 g/mol. The van der Waals surface area contributed by atoms with Crippen LogP contribution in [-0.4, -0.2) is 30.1 Å². The Kier molecular flexibility index (Phi) is 5.08. The van der Waals surface area contributed by atoms with Crippen LogP contribution in [0.3, 0.4) is 0 Å². The van der Waals surface area contributed by atoms with Crippen LogP contribution in [0.5, 0.6) is 0 Å². The summed E-state index contributed by atoms with van der Waals surface area (Å²) in [6.07, 6.45) is 12.5. The molecule has 1 aliphatic heterocycles. The third-order valence-electron chi connectivity index (χ3n) is 5.62. The highest BCUT2D eigenvalue weighted by Crippen LogP contribution is 2.39. The molecule has 1 saturated heterocycles. The number of rotatable bonds is 4. The highest BCUT2D eigenvalue weighted by molar-refractivity contribution is 4.87. The van der Waals surface area contributed by atoms with E-state index in [0.29, 0.717) is 5.41 Å². The van der Waals surface area contributed by atoms with Gasteiger partial charge >= 0.3 is 0 Å². The van der Waals surface area contributed by atoms with E-state index >= 15 is 0 Å². The second-order valence-corrected chi connectivity index (χ2v) is 6.88. The zero-order valence-corrected chi connectivity index (χ0v) is 12.5. The molecule has 0 amide bonds. The first-order valence-electron chi connectivity index (χ1n) is 8.13. The van der Waals surface area contributed by atoms with Crippen LogP contribution in [0.4, 0.5) is 0 Å². The van der Waals surface area contributed by atoms with Gasteiger partial charge in [0.05, 0.1) is 0 Å². The second-order valence-electron chi connectivity index (χ2n) is 6.88. The number of piperidine rings is 1. The Morgan fingerprint density at radius 1 is 1.00 bits per heavy atom. The van der Waals surface area contributed by atoms with Crippen molar-refractivity contribution in [2.75, 3.05) is 13.1 Å². The molecule has 2 heteroatoms. The monoisotopic (exact) mass is 252 g/mol. The van der Waals surface area contributed by atoms with Crippen molar-refractivity contribution < 1.29 is 0 Å². The van der Waals surface area contributed by atoms with Crippen molar-refractivity contribution >= 4 is 0 Å². The van der Waals surface area contributed by atoms with Gasteiger partial charge in [-0.1, -0.05) is 25.7 Å². The Morgan fingerprint density at radius 2 is 1.61 bits per heavy atom. The van der Waals surface area contributed by atoms with E-state index in [2.05, 4.69) is 18.7 Å². The summed E-state index contributed by atoms with van der Waals surface area (Å²) in [5, 5.41) is 0.